The van der Waals surface area contributed by atoms with E-state index in [1.807, 2.05) is 13.1 Å². The lowest BCUT2D eigenvalue weighted by molar-refractivity contribution is 0.498. The highest BCUT2D eigenvalue weighted by Gasteiger charge is 2.20. The molecule has 0 saturated heterocycles. The first-order chi connectivity index (χ1) is 9.28. The van der Waals surface area contributed by atoms with Crippen LogP contribution in [0.3, 0.4) is 0 Å². The van der Waals surface area contributed by atoms with Crippen molar-refractivity contribution in [1.82, 2.24) is 14.9 Å². The minimum absolute atomic E-state index is 0.498. The van der Waals surface area contributed by atoms with Crippen LogP contribution in [0.1, 0.15) is 35.6 Å². The van der Waals surface area contributed by atoms with Crippen LogP contribution in [-0.4, -0.2) is 16.6 Å². The molecular weight excluding hydrogens is 258 g/mol. The normalized spacial score (nSPS) is 18.3. The first-order valence-corrected chi connectivity index (χ1v) is 7.10. The van der Waals surface area contributed by atoms with Gasteiger partial charge in [0.2, 0.25) is 0 Å². The number of aromatic nitrogens is 2. The fourth-order valence-corrected chi connectivity index (χ4v) is 3.05. The van der Waals surface area contributed by atoms with Crippen molar-refractivity contribution in [2.24, 2.45) is 0 Å². The van der Waals surface area contributed by atoms with Gasteiger partial charge in [0, 0.05) is 37.4 Å². The molecule has 1 atom stereocenters. The summed E-state index contributed by atoms with van der Waals surface area (Å²) in [6.07, 6.45) is 11.7. The SMILES string of the molecule is CNC1CCCc2cn(Cc3ccncc3Cl)cc21. The molecule has 0 saturated carbocycles. The zero-order chi connectivity index (χ0) is 13.2. The zero-order valence-electron chi connectivity index (χ0n) is 11.1. The van der Waals surface area contributed by atoms with E-state index in [-0.39, 0.29) is 0 Å². The Hall–Kier alpha value is -1.32. The van der Waals surface area contributed by atoms with E-state index >= 15 is 0 Å². The highest BCUT2D eigenvalue weighted by Crippen LogP contribution is 2.30. The minimum Gasteiger partial charge on any atom is -0.349 e. The van der Waals surface area contributed by atoms with Crippen LogP contribution < -0.4 is 5.32 Å². The number of pyridine rings is 1. The third-order valence-electron chi connectivity index (χ3n) is 3.87. The predicted octanol–water partition coefficient (Wildman–Crippen LogP) is 3.18. The van der Waals surface area contributed by atoms with Gasteiger partial charge in [0.05, 0.1) is 5.02 Å². The van der Waals surface area contributed by atoms with E-state index in [2.05, 4.69) is 27.3 Å². The van der Waals surface area contributed by atoms with Gasteiger partial charge < -0.3 is 9.88 Å². The van der Waals surface area contributed by atoms with E-state index in [9.17, 15) is 0 Å². The van der Waals surface area contributed by atoms with Crippen LogP contribution in [0.4, 0.5) is 0 Å². The number of hydrogen-bond donors (Lipinski definition) is 1. The molecule has 19 heavy (non-hydrogen) atoms. The fraction of sp³-hybridized carbons (Fsp3) is 0.400. The fourth-order valence-electron chi connectivity index (χ4n) is 2.87. The van der Waals surface area contributed by atoms with Gasteiger partial charge in [-0.05, 0) is 49.1 Å². The molecule has 2 aromatic rings. The summed E-state index contributed by atoms with van der Waals surface area (Å²) in [5, 5.41) is 4.13. The number of nitrogens with zero attached hydrogens (tertiary/aromatic N) is 2. The second-order valence-corrected chi connectivity index (χ2v) is 5.52. The van der Waals surface area contributed by atoms with Crippen molar-refractivity contribution in [3.63, 3.8) is 0 Å². The Labute approximate surface area is 118 Å². The Balaban J connectivity index is 1.87. The van der Waals surface area contributed by atoms with Gasteiger partial charge in [0.1, 0.15) is 0 Å². The summed E-state index contributed by atoms with van der Waals surface area (Å²) >= 11 is 6.17. The summed E-state index contributed by atoms with van der Waals surface area (Å²) in [5.74, 6) is 0. The van der Waals surface area contributed by atoms with Crippen LogP contribution in [-0.2, 0) is 13.0 Å². The van der Waals surface area contributed by atoms with Gasteiger partial charge >= 0.3 is 0 Å². The molecule has 1 N–H and O–H groups in total. The maximum atomic E-state index is 6.17. The molecular formula is C15H18ClN3. The molecule has 0 radical (unpaired) electrons. The molecule has 4 heteroatoms. The zero-order valence-corrected chi connectivity index (χ0v) is 11.8. The van der Waals surface area contributed by atoms with E-state index < -0.39 is 0 Å². The van der Waals surface area contributed by atoms with Gasteiger partial charge in [-0.3, -0.25) is 4.98 Å². The second-order valence-electron chi connectivity index (χ2n) is 5.11. The molecule has 2 aromatic heterocycles. The summed E-state index contributed by atoms with van der Waals surface area (Å²) in [7, 11) is 2.04. The smallest absolute Gasteiger partial charge is 0.0639 e. The Morgan fingerprint density at radius 1 is 1.47 bits per heavy atom. The van der Waals surface area contributed by atoms with Crippen molar-refractivity contribution < 1.29 is 0 Å². The van der Waals surface area contributed by atoms with E-state index in [4.69, 9.17) is 11.6 Å². The number of aryl methyl sites for hydroxylation is 1. The lowest BCUT2D eigenvalue weighted by Crippen LogP contribution is -2.20. The quantitative estimate of drug-likeness (QED) is 0.932. The molecule has 3 rings (SSSR count). The number of hydrogen-bond acceptors (Lipinski definition) is 2. The monoisotopic (exact) mass is 275 g/mol. The number of nitrogens with one attached hydrogen (secondary N) is 1. The molecule has 0 bridgehead atoms. The molecule has 0 spiro atoms. The molecule has 0 aromatic carbocycles. The first-order valence-electron chi connectivity index (χ1n) is 6.72. The summed E-state index contributed by atoms with van der Waals surface area (Å²) in [6, 6.07) is 2.48. The Bertz CT molecular complexity index is 577. The van der Waals surface area contributed by atoms with Gasteiger partial charge in [0.15, 0.2) is 0 Å². The van der Waals surface area contributed by atoms with Crippen LogP contribution >= 0.6 is 11.6 Å². The summed E-state index contributed by atoms with van der Waals surface area (Å²) in [6.45, 7) is 0.810. The van der Waals surface area contributed by atoms with Crippen molar-refractivity contribution in [2.45, 2.75) is 31.8 Å². The van der Waals surface area contributed by atoms with Crippen molar-refractivity contribution in [3.05, 3.63) is 52.6 Å². The van der Waals surface area contributed by atoms with Crippen molar-refractivity contribution >= 4 is 11.6 Å². The highest BCUT2D eigenvalue weighted by molar-refractivity contribution is 6.31. The lowest BCUT2D eigenvalue weighted by Gasteiger charge is -2.21. The molecule has 1 aliphatic rings. The average Bonchev–Trinajstić information content (AvgIpc) is 2.83. The van der Waals surface area contributed by atoms with Crippen molar-refractivity contribution in [2.75, 3.05) is 7.05 Å². The molecule has 0 amide bonds. The predicted molar refractivity (Wildman–Crippen MR) is 77.5 cm³/mol. The largest absolute Gasteiger partial charge is 0.349 e. The van der Waals surface area contributed by atoms with Gasteiger partial charge in [0.25, 0.3) is 0 Å². The lowest BCUT2D eigenvalue weighted by atomic mass is 9.91. The molecule has 3 nitrogen and oxygen atoms in total. The van der Waals surface area contributed by atoms with Gasteiger partial charge in [-0.2, -0.15) is 0 Å². The van der Waals surface area contributed by atoms with E-state index in [1.54, 1.807) is 12.4 Å². The summed E-state index contributed by atoms with van der Waals surface area (Å²) in [5.41, 5.74) is 4.03. The average molecular weight is 276 g/mol. The van der Waals surface area contributed by atoms with Crippen LogP contribution in [0, 0.1) is 0 Å². The maximum absolute atomic E-state index is 6.17. The van der Waals surface area contributed by atoms with Crippen molar-refractivity contribution in [1.29, 1.82) is 0 Å². The molecule has 2 heterocycles. The molecule has 1 unspecified atom stereocenters. The highest BCUT2D eigenvalue weighted by atomic mass is 35.5. The van der Waals surface area contributed by atoms with Crippen LogP contribution in [0.15, 0.2) is 30.9 Å². The summed E-state index contributed by atoms with van der Waals surface area (Å²) < 4.78 is 2.24. The van der Waals surface area contributed by atoms with Gasteiger partial charge in [-0.15, -0.1) is 0 Å². The third kappa shape index (κ3) is 2.53. The van der Waals surface area contributed by atoms with E-state index in [1.165, 1.54) is 30.4 Å². The number of rotatable bonds is 3. The Morgan fingerprint density at radius 2 is 2.37 bits per heavy atom. The molecule has 100 valence electrons. The Kier molecular flexibility index (Phi) is 3.58. The van der Waals surface area contributed by atoms with Crippen LogP contribution in [0.25, 0.3) is 0 Å². The van der Waals surface area contributed by atoms with Gasteiger partial charge in [-0.1, -0.05) is 11.6 Å². The van der Waals surface area contributed by atoms with E-state index in [0.29, 0.717) is 6.04 Å². The van der Waals surface area contributed by atoms with Gasteiger partial charge in [-0.25, -0.2) is 0 Å². The second kappa shape index (κ2) is 5.35. The summed E-state index contributed by atoms with van der Waals surface area (Å²) in [4.78, 5) is 4.03. The molecule has 0 fully saturated rings. The number of fused-ring (bicyclic) bond motifs is 1. The Morgan fingerprint density at radius 3 is 3.16 bits per heavy atom. The third-order valence-corrected chi connectivity index (χ3v) is 4.21. The molecule has 0 aliphatic heterocycles. The topological polar surface area (TPSA) is 29.9 Å². The van der Waals surface area contributed by atoms with Crippen molar-refractivity contribution in [3.8, 4) is 0 Å². The van der Waals surface area contributed by atoms with E-state index in [0.717, 1.165) is 17.1 Å². The number of halogens is 1. The minimum atomic E-state index is 0.498. The van der Waals surface area contributed by atoms with Crippen LogP contribution in [0.2, 0.25) is 5.02 Å². The molecule has 1 aliphatic carbocycles. The standard InChI is InChI=1S/C15H18ClN3/c1-17-15-4-2-3-11-8-19(10-13(11)15)9-12-5-6-18-7-14(12)16/h5-8,10,15,17H,2-4,9H2,1H3. The maximum Gasteiger partial charge on any atom is 0.0639 e. The van der Waals surface area contributed by atoms with Crippen LogP contribution in [0.5, 0.6) is 0 Å². The first kappa shape index (κ1) is 12.7.